The maximum absolute atomic E-state index is 12.8. The van der Waals surface area contributed by atoms with Gasteiger partial charge in [0, 0.05) is 13.0 Å². The smallest absolute Gasteiger partial charge is 0.326 e. The van der Waals surface area contributed by atoms with Crippen molar-refractivity contribution in [2.75, 3.05) is 6.54 Å². The molecule has 13 nitrogen and oxygen atoms in total. The molecule has 1 aliphatic heterocycles. The molecule has 4 amide bonds. The molecule has 1 heterocycles. The summed E-state index contributed by atoms with van der Waals surface area (Å²) >= 11 is 0. The van der Waals surface area contributed by atoms with Crippen molar-refractivity contribution in [1.29, 1.82) is 0 Å². The fourth-order valence-corrected chi connectivity index (χ4v) is 3.39. The van der Waals surface area contributed by atoms with E-state index >= 15 is 0 Å². The van der Waals surface area contributed by atoms with Crippen LogP contribution in [0.2, 0.25) is 0 Å². The number of amides is 4. The summed E-state index contributed by atoms with van der Waals surface area (Å²) in [6, 6.07) is -4.65. The van der Waals surface area contributed by atoms with Crippen LogP contribution in [0.1, 0.15) is 46.0 Å². The summed E-state index contributed by atoms with van der Waals surface area (Å²) < 4.78 is 0. The van der Waals surface area contributed by atoms with Gasteiger partial charge in [0.2, 0.25) is 23.6 Å². The molecule has 1 saturated heterocycles. The van der Waals surface area contributed by atoms with E-state index in [1.807, 2.05) is 0 Å². The molecule has 0 aromatic rings. The lowest BCUT2D eigenvalue weighted by molar-refractivity contribution is -0.144. The highest BCUT2D eigenvalue weighted by Gasteiger charge is 2.38. The molecule has 0 saturated carbocycles. The van der Waals surface area contributed by atoms with Crippen LogP contribution in [-0.4, -0.2) is 81.4 Å². The Bertz CT molecular complexity index is 756. The van der Waals surface area contributed by atoms with Gasteiger partial charge in [-0.15, -0.1) is 0 Å². The monoisotopic (exact) mass is 457 g/mol. The fraction of sp³-hybridized carbons (Fsp3) is 0.684. The van der Waals surface area contributed by atoms with Crippen LogP contribution in [0.5, 0.6) is 0 Å². The minimum Gasteiger partial charge on any atom is -0.481 e. The van der Waals surface area contributed by atoms with E-state index in [0.717, 1.165) is 0 Å². The van der Waals surface area contributed by atoms with Crippen LogP contribution in [0.4, 0.5) is 0 Å². The van der Waals surface area contributed by atoms with Gasteiger partial charge in [-0.1, -0.05) is 13.8 Å². The Morgan fingerprint density at radius 1 is 1.09 bits per heavy atom. The molecule has 32 heavy (non-hydrogen) atoms. The van der Waals surface area contributed by atoms with E-state index in [9.17, 15) is 33.9 Å². The van der Waals surface area contributed by atoms with Crippen LogP contribution in [0, 0.1) is 5.92 Å². The lowest BCUT2D eigenvalue weighted by Gasteiger charge is -2.29. The highest BCUT2D eigenvalue weighted by Crippen LogP contribution is 2.19. The van der Waals surface area contributed by atoms with Crippen LogP contribution in [0.15, 0.2) is 0 Å². The first kappa shape index (κ1) is 26.8. The second-order valence-electron chi connectivity index (χ2n) is 8.03. The van der Waals surface area contributed by atoms with Gasteiger partial charge in [0.15, 0.2) is 0 Å². The third-order valence-corrected chi connectivity index (χ3v) is 5.09. The number of rotatable bonds is 12. The van der Waals surface area contributed by atoms with Gasteiger partial charge in [0.25, 0.3) is 0 Å². The second kappa shape index (κ2) is 12.0. The normalized spacial score (nSPS) is 18.5. The molecule has 0 bridgehead atoms. The summed E-state index contributed by atoms with van der Waals surface area (Å²) in [4.78, 5) is 72.3. The van der Waals surface area contributed by atoms with Gasteiger partial charge in [-0.2, -0.15) is 0 Å². The third-order valence-electron chi connectivity index (χ3n) is 5.09. The zero-order valence-electron chi connectivity index (χ0n) is 18.1. The number of aliphatic carboxylic acids is 2. The first-order valence-electron chi connectivity index (χ1n) is 10.2. The van der Waals surface area contributed by atoms with Crippen LogP contribution in [-0.2, 0) is 28.8 Å². The molecule has 0 aromatic carbocycles. The van der Waals surface area contributed by atoms with Gasteiger partial charge in [-0.3, -0.25) is 24.0 Å². The topological polar surface area (TPSA) is 222 Å². The number of likely N-dealkylation sites (tertiary alicyclic amines) is 1. The first-order chi connectivity index (χ1) is 14.8. The highest BCUT2D eigenvalue weighted by molar-refractivity contribution is 5.95. The van der Waals surface area contributed by atoms with Crippen molar-refractivity contribution < 1.29 is 39.0 Å². The third kappa shape index (κ3) is 7.80. The number of hydrogen-bond donors (Lipinski definition) is 6. The zero-order chi connectivity index (χ0) is 24.6. The van der Waals surface area contributed by atoms with Crippen molar-refractivity contribution in [2.45, 2.75) is 70.1 Å². The number of nitrogens with one attached hydrogen (secondary N) is 2. The van der Waals surface area contributed by atoms with Gasteiger partial charge in [0.05, 0.1) is 12.5 Å². The molecule has 4 unspecified atom stereocenters. The van der Waals surface area contributed by atoms with E-state index in [2.05, 4.69) is 10.6 Å². The van der Waals surface area contributed by atoms with Gasteiger partial charge in [0.1, 0.15) is 18.1 Å². The molecular formula is C19H31N5O8. The Hall–Kier alpha value is -3.22. The Labute approximate surface area is 184 Å². The molecule has 13 heteroatoms. The number of carboxylic acid groups (broad SMARTS) is 2. The Kier molecular flexibility index (Phi) is 10.0. The molecule has 180 valence electrons. The van der Waals surface area contributed by atoms with Crippen molar-refractivity contribution in [3.63, 3.8) is 0 Å². The summed E-state index contributed by atoms with van der Waals surface area (Å²) in [6.45, 7) is 3.52. The van der Waals surface area contributed by atoms with Crippen molar-refractivity contribution in [2.24, 2.45) is 17.4 Å². The van der Waals surface area contributed by atoms with Crippen molar-refractivity contribution in [3.05, 3.63) is 0 Å². The van der Waals surface area contributed by atoms with Crippen LogP contribution in [0.3, 0.4) is 0 Å². The summed E-state index contributed by atoms with van der Waals surface area (Å²) in [5.41, 5.74) is 10.8. The molecule has 0 aromatic heterocycles. The SMILES string of the molecule is CC(C)C(NC(=O)C1CCCN1C(=O)C(N)CC(N)=O)C(=O)NC(CCC(=O)O)C(=O)O. The average molecular weight is 457 g/mol. The molecule has 0 aliphatic carbocycles. The molecule has 1 aliphatic rings. The molecule has 4 atom stereocenters. The Balaban J connectivity index is 2.87. The van der Waals surface area contributed by atoms with E-state index in [-0.39, 0.29) is 19.4 Å². The summed E-state index contributed by atoms with van der Waals surface area (Å²) in [5, 5.41) is 22.8. The van der Waals surface area contributed by atoms with Crippen LogP contribution < -0.4 is 22.1 Å². The van der Waals surface area contributed by atoms with E-state index in [0.29, 0.717) is 12.8 Å². The van der Waals surface area contributed by atoms with Crippen LogP contribution in [0.25, 0.3) is 0 Å². The summed E-state index contributed by atoms with van der Waals surface area (Å²) in [7, 11) is 0. The summed E-state index contributed by atoms with van der Waals surface area (Å²) in [5.74, 6) is -5.80. The number of carbonyl (C=O) groups excluding carboxylic acids is 4. The van der Waals surface area contributed by atoms with E-state index in [4.69, 9.17) is 16.6 Å². The fourth-order valence-electron chi connectivity index (χ4n) is 3.39. The highest BCUT2D eigenvalue weighted by atomic mass is 16.4. The molecule has 8 N–H and O–H groups in total. The lowest BCUT2D eigenvalue weighted by Crippen LogP contribution is -2.58. The minimum atomic E-state index is -1.44. The predicted molar refractivity (Wildman–Crippen MR) is 110 cm³/mol. The van der Waals surface area contributed by atoms with E-state index < -0.39 is 72.1 Å². The number of primary amides is 1. The average Bonchev–Trinajstić information content (AvgIpc) is 3.16. The number of nitrogens with two attached hydrogens (primary N) is 2. The quantitative estimate of drug-likeness (QED) is 0.186. The zero-order valence-corrected chi connectivity index (χ0v) is 18.1. The summed E-state index contributed by atoms with van der Waals surface area (Å²) in [6.07, 6.45) is -0.308. The number of carboxylic acids is 2. The van der Waals surface area contributed by atoms with Crippen molar-refractivity contribution in [3.8, 4) is 0 Å². The molecule has 1 rings (SSSR count). The lowest BCUT2D eigenvalue weighted by atomic mass is 10.0. The van der Waals surface area contributed by atoms with E-state index in [1.165, 1.54) is 4.90 Å². The van der Waals surface area contributed by atoms with Gasteiger partial charge in [-0.05, 0) is 25.2 Å². The maximum Gasteiger partial charge on any atom is 0.326 e. The first-order valence-corrected chi connectivity index (χ1v) is 10.2. The predicted octanol–water partition coefficient (Wildman–Crippen LogP) is -2.24. The number of hydrogen-bond acceptors (Lipinski definition) is 7. The number of carbonyl (C=O) groups is 6. The second-order valence-corrected chi connectivity index (χ2v) is 8.03. The molecule has 0 spiro atoms. The Morgan fingerprint density at radius 2 is 1.72 bits per heavy atom. The van der Waals surface area contributed by atoms with Crippen LogP contribution >= 0.6 is 0 Å². The van der Waals surface area contributed by atoms with Crippen molar-refractivity contribution >= 4 is 35.6 Å². The maximum atomic E-state index is 12.8. The largest absolute Gasteiger partial charge is 0.481 e. The van der Waals surface area contributed by atoms with Gasteiger partial charge in [-0.25, -0.2) is 4.79 Å². The minimum absolute atomic E-state index is 0.248. The standard InChI is InChI=1S/C19H31N5O8/c1-9(2)15(17(29)22-11(19(31)32)5-6-14(26)27)23-16(28)12-4-3-7-24(12)18(30)10(20)8-13(21)25/h9-12,15H,3-8,20H2,1-2H3,(H2,21,25)(H,22,29)(H,23,28)(H,26,27)(H,31,32). The van der Waals surface area contributed by atoms with Gasteiger partial charge >= 0.3 is 11.9 Å². The number of nitrogens with zero attached hydrogens (tertiary/aromatic N) is 1. The van der Waals surface area contributed by atoms with Crippen molar-refractivity contribution in [1.82, 2.24) is 15.5 Å². The Morgan fingerprint density at radius 3 is 2.22 bits per heavy atom. The molecular weight excluding hydrogens is 426 g/mol. The molecule has 0 radical (unpaired) electrons. The molecule has 1 fully saturated rings. The van der Waals surface area contributed by atoms with E-state index in [1.54, 1.807) is 13.8 Å². The van der Waals surface area contributed by atoms with Gasteiger partial charge < -0.3 is 37.2 Å².